The van der Waals surface area contributed by atoms with Gasteiger partial charge in [0.15, 0.2) is 0 Å². The van der Waals surface area contributed by atoms with Gasteiger partial charge in [-0.15, -0.1) is 0 Å². The van der Waals surface area contributed by atoms with Crippen molar-refractivity contribution in [3.63, 3.8) is 0 Å². The molecule has 1 amide bonds. The van der Waals surface area contributed by atoms with Gasteiger partial charge < -0.3 is 9.64 Å². The van der Waals surface area contributed by atoms with Crippen molar-refractivity contribution < 1.29 is 14.3 Å². The first-order valence-corrected chi connectivity index (χ1v) is 6.79. The van der Waals surface area contributed by atoms with E-state index < -0.39 is 0 Å². The highest BCUT2D eigenvalue weighted by Gasteiger charge is 2.22. The van der Waals surface area contributed by atoms with Crippen LogP contribution < -0.4 is 0 Å². The van der Waals surface area contributed by atoms with Gasteiger partial charge in [0.05, 0.1) is 13.5 Å². The number of aromatic nitrogens is 2. The van der Waals surface area contributed by atoms with Crippen molar-refractivity contribution in [3.05, 3.63) is 17.5 Å². The average Bonchev–Trinajstić information content (AvgIpc) is 2.87. The molecule has 6 heteroatoms. The number of amides is 1. The second kappa shape index (κ2) is 7.07. The monoisotopic (exact) mass is 281 g/mol. The molecule has 0 atom stereocenters. The molecule has 0 aromatic carbocycles. The zero-order valence-corrected chi connectivity index (χ0v) is 12.8. The van der Waals surface area contributed by atoms with E-state index in [-0.39, 0.29) is 30.3 Å². The minimum Gasteiger partial charge on any atom is -0.469 e. The fraction of sp³-hybridized carbons (Fsp3) is 0.643. The van der Waals surface area contributed by atoms with E-state index >= 15 is 0 Å². The van der Waals surface area contributed by atoms with Gasteiger partial charge in [-0.3, -0.25) is 14.7 Å². The first kappa shape index (κ1) is 16.2. The molecule has 0 bridgehead atoms. The normalized spacial score (nSPS) is 10.9. The van der Waals surface area contributed by atoms with Crippen molar-refractivity contribution in [3.8, 4) is 0 Å². The molecule has 0 unspecified atom stereocenters. The molecule has 1 N–H and O–H groups in total. The standard InChI is InChI=1S/C14H23N3O3/c1-9(2)11-8-12(16-15-11)14(19)17(10(3)4)7-6-13(18)20-5/h8-10H,6-7H2,1-5H3,(H,15,16). The van der Waals surface area contributed by atoms with Gasteiger partial charge in [-0.25, -0.2) is 0 Å². The number of ether oxygens (including phenoxy) is 1. The summed E-state index contributed by atoms with van der Waals surface area (Å²) in [6, 6.07) is 1.76. The van der Waals surface area contributed by atoms with E-state index in [1.165, 1.54) is 7.11 Å². The zero-order chi connectivity index (χ0) is 15.3. The summed E-state index contributed by atoms with van der Waals surface area (Å²) in [4.78, 5) is 25.2. The number of esters is 1. The number of carbonyl (C=O) groups is 2. The van der Waals surface area contributed by atoms with E-state index in [0.29, 0.717) is 12.2 Å². The van der Waals surface area contributed by atoms with Crippen LogP contribution >= 0.6 is 0 Å². The fourth-order valence-electron chi connectivity index (χ4n) is 1.80. The summed E-state index contributed by atoms with van der Waals surface area (Å²) in [5.74, 6) is -0.216. The van der Waals surface area contributed by atoms with E-state index in [4.69, 9.17) is 0 Å². The molecule has 0 aliphatic carbocycles. The number of rotatable bonds is 6. The first-order chi connectivity index (χ1) is 9.36. The summed E-state index contributed by atoms with van der Waals surface area (Å²) in [7, 11) is 1.34. The van der Waals surface area contributed by atoms with Crippen molar-refractivity contribution in [1.82, 2.24) is 15.1 Å². The lowest BCUT2D eigenvalue weighted by molar-refractivity contribution is -0.140. The SMILES string of the molecule is COC(=O)CCN(C(=O)c1cc(C(C)C)[nH]n1)C(C)C. The summed E-state index contributed by atoms with van der Waals surface area (Å²) in [6.45, 7) is 8.20. The molecule has 0 aliphatic rings. The third-order valence-electron chi connectivity index (χ3n) is 3.11. The van der Waals surface area contributed by atoms with Gasteiger partial charge in [0.2, 0.25) is 0 Å². The van der Waals surface area contributed by atoms with E-state index in [9.17, 15) is 9.59 Å². The Morgan fingerprint density at radius 1 is 1.35 bits per heavy atom. The molecule has 0 radical (unpaired) electrons. The first-order valence-electron chi connectivity index (χ1n) is 6.79. The Morgan fingerprint density at radius 2 is 2.00 bits per heavy atom. The second-order valence-electron chi connectivity index (χ2n) is 5.28. The van der Waals surface area contributed by atoms with E-state index in [0.717, 1.165) is 5.69 Å². The van der Waals surface area contributed by atoms with Gasteiger partial charge >= 0.3 is 5.97 Å². The molecule has 0 fully saturated rings. The lowest BCUT2D eigenvalue weighted by Crippen LogP contribution is -2.38. The molecule has 20 heavy (non-hydrogen) atoms. The lowest BCUT2D eigenvalue weighted by atomic mass is 10.1. The highest BCUT2D eigenvalue weighted by Crippen LogP contribution is 2.14. The Balaban J connectivity index is 2.79. The number of hydrogen-bond donors (Lipinski definition) is 1. The van der Waals surface area contributed by atoms with Crippen LogP contribution in [0.4, 0.5) is 0 Å². The predicted molar refractivity (Wildman–Crippen MR) is 75.5 cm³/mol. The third kappa shape index (κ3) is 4.08. The highest BCUT2D eigenvalue weighted by atomic mass is 16.5. The Bertz CT molecular complexity index is 466. The maximum absolute atomic E-state index is 12.4. The van der Waals surface area contributed by atoms with Crippen LogP contribution in [0, 0.1) is 0 Å². The molecule has 0 saturated heterocycles. The number of nitrogens with one attached hydrogen (secondary N) is 1. The Labute approximate surface area is 119 Å². The van der Waals surface area contributed by atoms with Gasteiger partial charge in [0, 0.05) is 18.3 Å². The third-order valence-corrected chi connectivity index (χ3v) is 3.11. The van der Waals surface area contributed by atoms with Crippen molar-refractivity contribution >= 4 is 11.9 Å². The Morgan fingerprint density at radius 3 is 2.45 bits per heavy atom. The van der Waals surface area contributed by atoms with Crippen LogP contribution in [0.1, 0.15) is 56.2 Å². The van der Waals surface area contributed by atoms with Crippen LogP contribution in [0.3, 0.4) is 0 Å². The molecule has 112 valence electrons. The lowest BCUT2D eigenvalue weighted by Gasteiger charge is -2.25. The van der Waals surface area contributed by atoms with Crippen molar-refractivity contribution in [2.45, 2.75) is 46.1 Å². The largest absolute Gasteiger partial charge is 0.469 e. The molecular weight excluding hydrogens is 258 g/mol. The molecule has 1 aromatic heterocycles. The van der Waals surface area contributed by atoms with Gasteiger partial charge in [-0.05, 0) is 25.8 Å². The Hall–Kier alpha value is -1.85. The second-order valence-corrected chi connectivity index (χ2v) is 5.28. The zero-order valence-electron chi connectivity index (χ0n) is 12.8. The molecule has 1 aromatic rings. The number of carbonyl (C=O) groups excluding carboxylic acids is 2. The predicted octanol–water partition coefficient (Wildman–Crippen LogP) is 1.95. The molecular formula is C14H23N3O3. The molecule has 1 rings (SSSR count). The number of hydrogen-bond acceptors (Lipinski definition) is 4. The fourth-order valence-corrected chi connectivity index (χ4v) is 1.80. The van der Waals surface area contributed by atoms with Crippen molar-refractivity contribution in [1.29, 1.82) is 0 Å². The van der Waals surface area contributed by atoms with Crippen LogP contribution in [0.5, 0.6) is 0 Å². The summed E-state index contributed by atoms with van der Waals surface area (Å²) in [5, 5.41) is 6.92. The number of methoxy groups -OCH3 is 1. The highest BCUT2D eigenvalue weighted by molar-refractivity contribution is 5.92. The quantitative estimate of drug-likeness (QED) is 0.809. The summed E-state index contributed by atoms with van der Waals surface area (Å²) >= 11 is 0. The van der Waals surface area contributed by atoms with Crippen molar-refractivity contribution in [2.75, 3.05) is 13.7 Å². The van der Waals surface area contributed by atoms with Gasteiger partial charge in [-0.1, -0.05) is 13.8 Å². The minimum absolute atomic E-state index is 0.00800. The maximum atomic E-state index is 12.4. The minimum atomic E-state index is -0.326. The van der Waals surface area contributed by atoms with Crippen LogP contribution in [0.2, 0.25) is 0 Å². The smallest absolute Gasteiger partial charge is 0.307 e. The Kier molecular flexibility index (Phi) is 5.73. The summed E-state index contributed by atoms with van der Waals surface area (Å²) in [6.07, 6.45) is 0.182. The molecule has 0 spiro atoms. The molecule has 6 nitrogen and oxygen atoms in total. The van der Waals surface area contributed by atoms with Crippen LogP contribution in [-0.4, -0.2) is 46.7 Å². The molecule has 0 aliphatic heterocycles. The topological polar surface area (TPSA) is 75.3 Å². The van der Waals surface area contributed by atoms with E-state index in [1.807, 2.05) is 27.7 Å². The van der Waals surface area contributed by atoms with Gasteiger partial charge in [0.1, 0.15) is 5.69 Å². The molecule has 1 heterocycles. The summed E-state index contributed by atoms with van der Waals surface area (Å²) < 4.78 is 4.60. The summed E-state index contributed by atoms with van der Waals surface area (Å²) in [5.41, 5.74) is 1.30. The molecule has 0 saturated carbocycles. The number of aromatic amines is 1. The van der Waals surface area contributed by atoms with Crippen LogP contribution in [0.15, 0.2) is 6.07 Å². The van der Waals surface area contributed by atoms with Gasteiger partial charge in [-0.2, -0.15) is 5.10 Å². The van der Waals surface area contributed by atoms with Crippen molar-refractivity contribution in [2.24, 2.45) is 0 Å². The average molecular weight is 281 g/mol. The van der Waals surface area contributed by atoms with Crippen LogP contribution in [-0.2, 0) is 9.53 Å². The number of nitrogens with zero attached hydrogens (tertiary/aromatic N) is 2. The maximum Gasteiger partial charge on any atom is 0.307 e. The van der Waals surface area contributed by atoms with Crippen LogP contribution in [0.25, 0.3) is 0 Å². The van der Waals surface area contributed by atoms with E-state index in [1.54, 1.807) is 11.0 Å². The van der Waals surface area contributed by atoms with E-state index in [2.05, 4.69) is 14.9 Å². The van der Waals surface area contributed by atoms with Gasteiger partial charge in [0.25, 0.3) is 5.91 Å². The number of H-pyrrole nitrogens is 1.